The third kappa shape index (κ3) is 2.51. The van der Waals surface area contributed by atoms with Gasteiger partial charge < -0.3 is 14.9 Å². The molecule has 4 rings (SSSR count). The Bertz CT molecular complexity index is 1190. The maximum Gasteiger partial charge on any atom is 0.407 e. The molecule has 130 valence electrons. The van der Waals surface area contributed by atoms with Crippen molar-refractivity contribution in [3.63, 3.8) is 0 Å². The van der Waals surface area contributed by atoms with Crippen LogP contribution in [0.3, 0.4) is 0 Å². The number of ether oxygens (including phenoxy) is 1. The number of benzene rings is 1. The Kier molecular flexibility index (Phi) is 3.69. The lowest BCUT2D eigenvalue weighted by Gasteiger charge is -2.09. The first-order chi connectivity index (χ1) is 12.5. The van der Waals surface area contributed by atoms with Crippen molar-refractivity contribution in [2.45, 2.75) is 13.8 Å². The molecule has 3 aromatic heterocycles. The predicted octanol–water partition coefficient (Wildman–Crippen LogP) is 4.25. The van der Waals surface area contributed by atoms with Gasteiger partial charge in [0.25, 0.3) is 0 Å². The summed E-state index contributed by atoms with van der Waals surface area (Å²) in [6.45, 7) is 3.45. The van der Waals surface area contributed by atoms with Crippen LogP contribution in [0.4, 0.5) is 5.82 Å². The Labute approximate surface area is 152 Å². The molecule has 0 saturated heterocycles. The molecule has 0 fully saturated rings. The van der Waals surface area contributed by atoms with Crippen LogP contribution in [0.2, 0.25) is 5.02 Å². The van der Waals surface area contributed by atoms with Crippen molar-refractivity contribution in [1.29, 1.82) is 0 Å². The van der Waals surface area contributed by atoms with Crippen molar-refractivity contribution in [3.05, 3.63) is 62.9 Å². The number of hydrogen-bond acceptors (Lipinski definition) is 6. The Morgan fingerprint density at radius 1 is 1.15 bits per heavy atom. The summed E-state index contributed by atoms with van der Waals surface area (Å²) in [7, 11) is 0. The molecule has 0 spiro atoms. The Balaban J connectivity index is 1.97. The third-order valence-corrected chi connectivity index (χ3v) is 4.34. The average Bonchev–Trinajstić information content (AvgIpc) is 2.91. The van der Waals surface area contributed by atoms with E-state index in [2.05, 4.69) is 15.1 Å². The Hall–Kier alpha value is -3.26. The van der Waals surface area contributed by atoms with Gasteiger partial charge in [-0.3, -0.25) is 0 Å². The van der Waals surface area contributed by atoms with Crippen molar-refractivity contribution in [2.75, 3.05) is 0 Å². The normalized spacial score (nSPS) is 11.2. The fourth-order valence-corrected chi connectivity index (χ4v) is 2.84. The van der Waals surface area contributed by atoms with E-state index >= 15 is 0 Å². The van der Waals surface area contributed by atoms with Gasteiger partial charge in [0.15, 0.2) is 5.65 Å². The van der Waals surface area contributed by atoms with E-state index in [4.69, 9.17) is 16.3 Å². The second-order valence-electron chi connectivity index (χ2n) is 5.70. The summed E-state index contributed by atoms with van der Waals surface area (Å²) in [6, 6.07) is 10.5. The second kappa shape index (κ2) is 5.92. The number of nitro groups is 1. The first-order valence-electron chi connectivity index (χ1n) is 7.69. The highest BCUT2D eigenvalue weighted by molar-refractivity contribution is 6.34. The van der Waals surface area contributed by atoms with Gasteiger partial charge in [0, 0.05) is 6.92 Å². The van der Waals surface area contributed by atoms with Gasteiger partial charge in [-0.05, 0) is 41.1 Å². The summed E-state index contributed by atoms with van der Waals surface area (Å²) in [5.74, 6) is -0.162. The molecule has 0 atom stereocenters. The summed E-state index contributed by atoms with van der Waals surface area (Å²) >= 11 is 6.30. The number of para-hydroxylation sites is 1. The average molecular weight is 370 g/mol. The molecule has 9 heteroatoms. The molecule has 26 heavy (non-hydrogen) atoms. The summed E-state index contributed by atoms with van der Waals surface area (Å²) in [5.41, 5.74) is 2.29. The summed E-state index contributed by atoms with van der Waals surface area (Å²) < 4.78 is 7.42. The smallest absolute Gasteiger partial charge is 0.407 e. The van der Waals surface area contributed by atoms with Crippen LogP contribution in [0.5, 0.6) is 11.6 Å². The van der Waals surface area contributed by atoms with Crippen molar-refractivity contribution in [1.82, 2.24) is 19.6 Å². The fraction of sp³-hybridized carbons (Fsp3) is 0.118. The van der Waals surface area contributed by atoms with E-state index in [1.54, 1.807) is 30.5 Å². The van der Waals surface area contributed by atoms with Gasteiger partial charge in [-0.2, -0.15) is 10.1 Å². The van der Waals surface area contributed by atoms with Crippen LogP contribution in [0, 0.1) is 24.0 Å². The van der Waals surface area contributed by atoms with Crippen LogP contribution in [0.1, 0.15) is 11.4 Å². The van der Waals surface area contributed by atoms with Crippen LogP contribution in [-0.2, 0) is 0 Å². The van der Waals surface area contributed by atoms with Crippen LogP contribution in [-0.4, -0.2) is 24.5 Å². The van der Waals surface area contributed by atoms with Crippen molar-refractivity contribution < 1.29 is 9.66 Å². The van der Waals surface area contributed by atoms with E-state index < -0.39 is 4.92 Å². The molecule has 4 aromatic rings. The van der Waals surface area contributed by atoms with Gasteiger partial charge in [0.1, 0.15) is 10.7 Å². The molecule has 0 unspecified atom stereocenters. The maximum absolute atomic E-state index is 11.3. The Morgan fingerprint density at radius 2 is 1.92 bits per heavy atom. The van der Waals surface area contributed by atoms with Gasteiger partial charge >= 0.3 is 5.82 Å². The molecule has 8 nitrogen and oxygen atoms in total. The number of aryl methyl sites for hydroxylation is 2. The van der Waals surface area contributed by atoms with Gasteiger partial charge in [0.2, 0.25) is 11.6 Å². The summed E-state index contributed by atoms with van der Waals surface area (Å²) in [5, 5.41) is 16.7. The molecule has 0 aliphatic carbocycles. The first kappa shape index (κ1) is 16.2. The van der Waals surface area contributed by atoms with Crippen LogP contribution in [0.15, 0.2) is 36.4 Å². The summed E-state index contributed by atoms with van der Waals surface area (Å²) in [6.07, 6.45) is 0. The van der Waals surface area contributed by atoms with Gasteiger partial charge in [0.05, 0.1) is 16.6 Å². The number of aromatic nitrogens is 4. The van der Waals surface area contributed by atoms with Crippen LogP contribution < -0.4 is 4.74 Å². The molecule has 3 heterocycles. The number of fused-ring (bicyclic) bond motifs is 3. The van der Waals surface area contributed by atoms with Gasteiger partial charge in [-0.1, -0.05) is 23.7 Å². The summed E-state index contributed by atoms with van der Waals surface area (Å²) in [4.78, 5) is 19.1. The van der Waals surface area contributed by atoms with Gasteiger partial charge in [-0.25, -0.2) is 4.52 Å². The van der Waals surface area contributed by atoms with E-state index in [0.29, 0.717) is 27.4 Å². The molecule has 0 aliphatic rings. The molecule has 1 aromatic carbocycles. The van der Waals surface area contributed by atoms with Crippen molar-refractivity contribution in [3.8, 4) is 11.6 Å². The highest BCUT2D eigenvalue weighted by Gasteiger charge is 2.21. The molecule has 0 N–H and O–H groups in total. The minimum Gasteiger partial charge on any atom is -0.429 e. The maximum atomic E-state index is 11.3. The standard InChI is InChI=1S/C17H12ClN5O3/c1-9-7-8-13(15(19-9)23(24)25)26-17-11-5-3-4-6-12(11)22-16(20-17)14(18)10(2)21-22/h3-8H,1-2H3. The Morgan fingerprint density at radius 3 is 2.69 bits per heavy atom. The number of rotatable bonds is 3. The topological polar surface area (TPSA) is 95.5 Å². The molecular formula is C17H12ClN5O3. The fourth-order valence-electron chi connectivity index (χ4n) is 2.68. The minimum atomic E-state index is -0.584. The highest BCUT2D eigenvalue weighted by atomic mass is 35.5. The first-order valence-corrected chi connectivity index (χ1v) is 8.07. The van der Waals surface area contributed by atoms with Crippen molar-refractivity contribution in [2.24, 2.45) is 0 Å². The zero-order valence-corrected chi connectivity index (χ0v) is 14.6. The molecule has 0 radical (unpaired) electrons. The van der Waals surface area contributed by atoms with E-state index in [1.807, 2.05) is 18.2 Å². The van der Waals surface area contributed by atoms with Crippen LogP contribution >= 0.6 is 11.6 Å². The number of pyridine rings is 1. The zero-order valence-electron chi connectivity index (χ0n) is 13.8. The lowest BCUT2D eigenvalue weighted by molar-refractivity contribution is -0.390. The quantitative estimate of drug-likeness (QED) is 0.395. The van der Waals surface area contributed by atoms with Crippen molar-refractivity contribution >= 4 is 34.0 Å². The lowest BCUT2D eigenvalue weighted by atomic mass is 10.2. The predicted molar refractivity (Wildman–Crippen MR) is 95.9 cm³/mol. The molecule has 0 saturated carbocycles. The zero-order chi connectivity index (χ0) is 18.4. The SMILES string of the molecule is Cc1ccc(Oc2nc3c(Cl)c(C)nn3c3ccccc23)c([N+](=O)[O-])n1. The largest absolute Gasteiger partial charge is 0.429 e. The number of halogens is 1. The van der Waals surface area contributed by atoms with E-state index in [9.17, 15) is 10.1 Å². The molecule has 0 amide bonds. The van der Waals surface area contributed by atoms with E-state index in [1.165, 1.54) is 6.07 Å². The number of hydrogen-bond donors (Lipinski definition) is 0. The molecule has 0 bridgehead atoms. The van der Waals surface area contributed by atoms with Gasteiger partial charge in [-0.15, -0.1) is 0 Å². The minimum absolute atomic E-state index is 0.00922. The van der Waals surface area contributed by atoms with E-state index in [-0.39, 0.29) is 17.4 Å². The highest BCUT2D eigenvalue weighted by Crippen LogP contribution is 2.35. The lowest BCUT2D eigenvalue weighted by Crippen LogP contribution is -2.01. The molecular weight excluding hydrogens is 358 g/mol. The second-order valence-corrected chi connectivity index (χ2v) is 6.08. The van der Waals surface area contributed by atoms with Crippen LogP contribution in [0.25, 0.3) is 16.6 Å². The monoisotopic (exact) mass is 369 g/mol. The van der Waals surface area contributed by atoms with E-state index in [0.717, 1.165) is 5.52 Å². The number of nitrogens with zero attached hydrogens (tertiary/aromatic N) is 5. The molecule has 0 aliphatic heterocycles. The third-order valence-electron chi connectivity index (χ3n) is 3.89.